The first kappa shape index (κ1) is 16.5. The van der Waals surface area contributed by atoms with Crippen LogP contribution in [0.25, 0.3) is 0 Å². The minimum atomic E-state index is -0.444. The van der Waals surface area contributed by atoms with E-state index in [2.05, 4.69) is 23.5 Å². The highest BCUT2D eigenvalue weighted by Crippen LogP contribution is 2.26. The monoisotopic (exact) mass is 334 g/mol. The van der Waals surface area contributed by atoms with Crippen LogP contribution in [0.1, 0.15) is 38.3 Å². The van der Waals surface area contributed by atoms with E-state index in [0.717, 1.165) is 13.0 Å². The Hall–Kier alpha value is -1.36. The van der Waals surface area contributed by atoms with Crippen LogP contribution in [-0.2, 0) is 17.7 Å². The van der Waals surface area contributed by atoms with E-state index in [1.807, 2.05) is 37.4 Å². The van der Waals surface area contributed by atoms with Crippen LogP contribution in [0.4, 0.5) is 10.5 Å². The van der Waals surface area contributed by atoms with Crippen LogP contribution in [0.2, 0.25) is 0 Å². The Morgan fingerprint density at radius 2 is 2.17 bits per heavy atom. The number of nitrogens with one attached hydrogen (secondary N) is 1. The van der Waals surface area contributed by atoms with Crippen LogP contribution in [0, 0.1) is 0 Å². The summed E-state index contributed by atoms with van der Waals surface area (Å²) in [4.78, 5) is 14.1. The normalized spacial score (nSPS) is 21.0. The first-order valence-corrected chi connectivity index (χ1v) is 9.50. The molecule has 1 aromatic rings. The largest absolute Gasteiger partial charge is 0.444 e. The van der Waals surface area contributed by atoms with Gasteiger partial charge in [-0.3, -0.25) is 0 Å². The first-order valence-electron chi connectivity index (χ1n) is 8.35. The Morgan fingerprint density at radius 1 is 1.35 bits per heavy atom. The summed E-state index contributed by atoms with van der Waals surface area (Å²) >= 11 is 2.01. The highest BCUT2D eigenvalue weighted by molar-refractivity contribution is 7.99. The molecule has 0 aromatic heterocycles. The van der Waals surface area contributed by atoms with E-state index in [1.165, 1.54) is 34.7 Å². The average molecular weight is 334 g/mol. The molecule has 1 N–H and O–H groups in total. The Kier molecular flexibility index (Phi) is 4.76. The molecule has 23 heavy (non-hydrogen) atoms. The van der Waals surface area contributed by atoms with Crippen molar-refractivity contribution in [3.8, 4) is 0 Å². The molecule has 0 radical (unpaired) electrons. The molecule has 0 saturated carbocycles. The number of benzene rings is 1. The highest BCUT2D eigenvalue weighted by atomic mass is 32.2. The molecule has 2 aliphatic heterocycles. The summed E-state index contributed by atoms with van der Waals surface area (Å²) in [5, 5.41) is 3.62. The van der Waals surface area contributed by atoms with Crippen molar-refractivity contribution in [2.24, 2.45) is 0 Å². The van der Waals surface area contributed by atoms with Crippen molar-refractivity contribution in [2.75, 3.05) is 23.4 Å². The number of carbonyl (C=O) groups excluding carboxylic acids is 1. The van der Waals surface area contributed by atoms with Gasteiger partial charge in [-0.1, -0.05) is 6.07 Å². The van der Waals surface area contributed by atoms with Crippen molar-refractivity contribution in [2.45, 2.75) is 51.8 Å². The predicted octanol–water partition coefficient (Wildman–Crippen LogP) is 3.90. The maximum atomic E-state index is 12.3. The molecule has 0 aliphatic carbocycles. The number of fused-ring (bicyclic) bond motifs is 1. The summed E-state index contributed by atoms with van der Waals surface area (Å²) in [6.45, 7) is 7.09. The summed E-state index contributed by atoms with van der Waals surface area (Å²) in [5.74, 6) is 2.43. The molecule has 5 heteroatoms. The van der Waals surface area contributed by atoms with E-state index in [0.29, 0.717) is 12.6 Å². The van der Waals surface area contributed by atoms with Gasteiger partial charge in [-0.15, -0.1) is 0 Å². The molecule has 4 nitrogen and oxygen atoms in total. The molecule has 1 amide bonds. The Morgan fingerprint density at radius 3 is 2.87 bits per heavy atom. The standard InChI is InChI=1S/C18H26N2O2S/c1-18(2,3)22-17(21)20-8-6-13-4-5-15(10-14(13)11-20)19-16-7-9-23-12-16/h4-5,10,16,19H,6-9,11-12H2,1-3H3. The number of rotatable bonds is 2. The van der Waals surface area contributed by atoms with Gasteiger partial charge in [-0.25, -0.2) is 4.79 Å². The number of hydrogen-bond acceptors (Lipinski definition) is 4. The minimum Gasteiger partial charge on any atom is -0.444 e. The van der Waals surface area contributed by atoms with Gasteiger partial charge in [0.15, 0.2) is 0 Å². The van der Waals surface area contributed by atoms with Gasteiger partial charge in [0.1, 0.15) is 5.60 Å². The second-order valence-corrected chi connectivity index (χ2v) is 8.49. The summed E-state index contributed by atoms with van der Waals surface area (Å²) in [7, 11) is 0. The second-order valence-electron chi connectivity index (χ2n) is 7.34. The minimum absolute atomic E-state index is 0.214. The van der Waals surface area contributed by atoms with Gasteiger partial charge in [0, 0.05) is 30.6 Å². The summed E-state index contributed by atoms with van der Waals surface area (Å²) in [6, 6.07) is 7.15. The molecular weight excluding hydrogens is 308 g/mol. The number of amides is 1. The lowest BCUT2D eigenvalue weighted by atomic mass is 9.99. The fourth-order valence-electron chi connectivity index (χ4n) is 3.01. The lowest BCUT2D eigenvalue weighted by molar-refractivity contribution is 0.0224. The smallest absolute Gasteiger partial charge is 0.410 e. The summed E-state index contributed by atoms with van der Waals surface area (Å²) in [5.41, 5.74) is 3.30. The molecule has 1 saturated heterocycles. The number of carbonyl (C=O) groups is 1. The van der Waals surface area contributed by atoms with Crippen LogP contribution in [-0.4, -0.2) is 40.7 Å². The lowest BCUT2D eigenvalue weighted by Crippen LogP contribution is -2.39. The predicted molar refractivity (Wildman–Crippen MR) is 96.1 cm³/mol. The van der Waals surface area contributed by atoms with Crippen LogP contribution in [0.5, 0.6) is 0 Å². The van der Waals surface area contributed by atoms with Crippen molar-refractivity contribution in [3.05, 3.63) is 29.3 Å². The van der Waals surface area contributed by atoms with Crippen molar-refractivity contribution in [1.29, 1.82) is 0 Å². The molecule has 1 fully saturated rings. The van der Waals surface area contributed by atoms with E-state index in [4.69, 9.17) is 4.74 Å². The maximum Gasteiger partial charge on any atom is 0.410 e. The van der Waals surface area contributed by atoms with Crippen molar-refractivity contribution in [1.82, 2.24) is 4.90 Å². The molecule has 1 aromatic carbocycles. The Labute approximate surface area is 143 Å². The molecular formula is C18H26N2O2S. The third kappa shape index (κ3) is 4.34. The van der Waals surface area contributed by atoms with Gasteiger partial charge < -0.3 is 15.0 Å². The Balaban J connectivity index is 1.67. The average Bonchev–Trinajstić information content (AvgIpc) is 2.97. The van der Waals surface area contributed by atoms with Crippen LogP contribution in [0.3, 0.4) is 0 Å². The number of hydrogen-bond donors (Lipinski definition) is 1. The molecule has 126 valence electrons. The summed E-state index contributed by atoms with van der Waals surface area (Å²) < 4.78 is 5.50. The van der Waals surface area contributed by atoms with E-state index < -0.39 is 5.60 Å². The van der Waals surface area contributed by atoms with E-state index >= 15 is 0 Å². The highest BCUT2D eigenvalue weighted by Gasteiger charge is 2.26. The van der Waals surface area contributed by atoms with Crippen molar-refractivity contribution in [3.63, 3.8) is 0 Å². The van der Waals surface area contributed by atoms with Crippen LogP contribution >= 0.6 is 11.8 Å². The molecule has 1 unspecified atom stereocenters. The first-order chi connectivity index (χ1) is 10.9. The van der Waals surface area contributed by atoms with E-state index in [-0.39, 0.29) is 6.09 Å². The molecule has 0 bridgehead atoms. The van der Waals surface area contributed by atoms with Crippen LogP contribution in [0.15, 0.2) is 18.2 Å². The molecule has 0 spiro atoms. The lowest BCUT2D eigenvalue weighted by Gasteiger charge is -2.31. The summed E-state index contributed by atoms with van der Waals surface area (Å²) in [6.07, 6.45) is 1.91. The van der Waals surface area contributed by atoms with Gasteiger partial charge in [-0.2, -0.15) is 11.8 Å². The number of nitrogens with zero attached hydrogens (tertiary/aromatic N) is 1. The van der Waals surface area contributed by atoms with Gasteiger partial charge >= 0.3 is 6.09 Å². The Bertz CT molecular complexity index is 577. The van der Waals surface area contributed by atoms with Gasteiger partial charge in [0.2, 0.25) is 0 Å². The fraction of sp³-hybridized carbons (Fsp3) is 0.611. The van der Waals surface area contributed by atoms with Crippen molar-refractivity contribution >= 4 is 23.5 Å². The van der Waals surface area contributed by atoms with Gasteiger partial charge in [-0.05, 0) is 62.6 Å². The SMILES string of the molecule is CC(C)(C)OC(=O)N1CCc2ccc(NC3CCSC3)cc2C1. The third-order valence-electron chi connectivity index (χ3n) is 4.17. The molecule has 2 heterocycles. The topological polar surface area (TPSA) is 41.6 Å². The zero-order valence-electron chi connectivity index (χ0n) is 14.2. The number of ether oxygens (including phenoxy) is 1. The molecule has 3 rings (SSSR count). The zero-order chi connectivity index (χ0) is 16.4. The molecule has 2 aliphatic rings. The molecule has 1 atom stereocenters. The van der Waals surface area contributed by atoms with Crippen molar-refractivity contribution < 1.29 is 9.53 Å². The fourth-order valence-corrected chi connectivity index (χ4v) is 4.17. The quantitative estimate of drug-likeness (QED) is 0.891. The van der Waals surface area contributed by atoms with Gasteiger partial charge in [0.05, 0.1) is 0 Å². The van der Waals surface area contributed by atoms with E-state index in [1.54, 1.807) is 0 Å². The zero-order valence-corrected chi connectivity index (χ0v) is 15.0. The third-order valence-corrected chi connectivity index (χ3v) is 5.33. The van der Waals surface area contributed by atoms with E-state index in [9.17, 15) is 4.79 Å². The maximum absolute atomic E-state index is 12.3. The second kappa shape index (κ2) is 6.63. The number of thioether (sulfide) groups is 1. The van der Waals surface area contributed by atoms with Gasteiger partial charge in [0.25, 0.3) is 0 Å². The number of anilines is 1. The van der Waals surface area contributed by atoms with Crippen LogP contribution < -0.4 is 5.32 Å².